The number of carbonyl (C=O) groups excluding carboxylic acids is 1. The minimum absolute atomic E-state index is 0.178. The van der Waals surface area contributed by atoms with Crippen LogP contribution in [-0.2, 0) is 11.3 Å². The number of benzene rings is 2. The van der Waals surface area contributed by atoms with E-state index in [1.54, 1.807) is 29.3 Å². The van der Waals surface area contributed by atoms with Crippen LogP contribution in [0.15, 0.2) is 67.0 Å². The highest BCUT2D eigenvalue weighted by Gasteiger charge is 2.47. The number of pyridine rings is 1. The Morgan fingerprint density at radius 3 is 2.50 bits per heavy atom. The first-order chi connectivity index (χ1) is 19.2. The van der Waals surface area contributed by atoms with E-state index < -0.39 is 23.6 Å². The number of anilines is 1. The number of ether oxygens (including phenoxy) is 1. The van der Waals surface area contributed by atoms with Crippen molar-refractivity contribution in [1.29, 1.82) is 0 Å². The topological polar surface area (TPSA) is 87.9 Å². The van der Waals surface area contributed by atoms with Crippen LogP contribution in [0.5, 0.6) is 0 Å². The van der Waals surface area contributed by atoms with Crippen LogP contribution in [0.3, 0.4) is 0 Å². The predicted molar refractivity (Wildman–Crippen MR) is 150 cm³/mol. The zero-order chi connectivity index (χ0) is 28.0. The fraction of sp³-hybridized carbons (Fsp3) is 0.323. The lowest BCUT2D eigenvalue weighted by Crippen LogP contribution is -2.46. The number of nitrogens with zero attached hydrogens (tertiary/aromatic N) is 4. The number of piperidine rings is 1. The minimum atomic E-state index is -1.00. The molecule has 4 heterocycles. The molecule has 2 saturated heterocycles. The summed E-state index contributed by atoms with van der Waals surface area (Å²) in [6.45, 7) is 7.05. The maximum absolute atomic E-state index is 13.6. The van der Waals surface area contributed by atoms with E-state index in [0.717, 1.165) is 41.7 Å². The molecule has 8 nitrogen and oxygen atoms in total. The van der Waals surface area contributed by atoms with Crippen LogP contribution in [0, 0.1) is 5.95 Å². The van der Waals surface area contributed by atoms with Crippen LogP contribution in [0.1, 0.15) is 48.7 Å². The van der Waals surface area contributed by atoms with Gasteiger partial charge in [-0.3, -0.25) is 9.80 Å². The highest BCUT2D eigenvalue weighted by Crippen LogP contribution is 2.38. The third kappa shape index (κ3) is 4.70. The zero-order valence-corrected chi connectivity index (χ0v) is 22.5. The molecule has 2 aliphatic heterocycles. The molecule has 0 radical (unpaired) electrons. The quantitative estimate of drug-likeness (QED) is 0.296. The average molecular weight is 543 g/mol. The van der Waals surface area contributed by atoms with Gasteiger partial charge in [-0.05, 0) is 67.4 Å². The summed E-state index contributed by atoms with van der Waals surface area (Å²) >= 11 is 0. The Morgan fingerprint density at radius 2 is 1.85 bits per heavy atom. The van der Waals surface area contributed by atoms with Crippen molar-refractivity contribution < 1.29 is 23.8 Å². The number of halogens is 1. The molecule has 2 fully saturated rings. The van der Waals surface area contributed by atoms with Gasteiger partial charge in [-0.25, -0.2) is 14.6 Å². The molecule has 2 aromatic carbocycles. The molecule has 40 heavy (non-hydrogen) atoms. The summed E-state index contributed by atoms with van der Waals surface area (Å²) in [5.41, 5.74) is 4.49. The van der Waals surface area contributed by atoms with Gasteiger partial charge >= 0.3 is 12.1 Å². The smallest absolute Gasteiger partial charge is 0.415 e. The molecule has 0 bridgehead atoms. The van der Waals surface area contributed by atoms with E-state index in [9.17, 15) is 14.0 Å². The molecule has 2 aromatic heterocycles. The second-order valence-electron chi connectivity index (χ2n) is 11.0. The normalized spacial score (nSPS) is 17.2. The third-order valence-corrected chi connectivity index (χ3v) is 8.09. The van der Waals surface area contributed by atoms with Gasteiger partial charge in [0, 0.05) is 73.1 Å². The van der Waals surface area contributed by atoms with E-state index in [1.807, 2.05) is 6.07 Å². The number of aromatic carboxylic acids is 1. The molecule has 206 valence electrons. The van der Waals surface area contributed by atoms with E-state index in [4.69, 9.17) is 9.84 Å². The first kappa shape index (κ1) is 26.0. The minimum Gasteiger partial charge on any atom is -0.478 e. The molecule has 0 aliphatic carbocycles. The molecular formula is C31H31FN4O4. The van der Waals surface area contributed by atoms with Crippen LogP contribution in [0.25, 0.3) is 22.0 Å². The molecule has 0 atom stereocenters. The predicted octanol–water partition coefficient (Wildman–Crippen LogP) is 6.11. The molecule has 9 heteroatoms. The lowest BCUT2D eigenvalue weighted by atomic mass is 9.90. The Balaban J connectivity index is 1.21. The first-order valence-electron chi connectivity index (χ1n) is 13.5. The summed E-state index contributed by atoms with van der Waals surface area (Å²) in [6.07, 6.45) is 4.83. The van der Waals surface area contributed by atoms with Gasteiger partial charge in [0.05, 0.1) is 12.1 Å². The molecule has 2 aliphatic rings. The second kappa shape index (κ2) is 10.1. The number of carboxylic acids is 1. The van der Waals surface area contributed by atoms with Crippen molar-refractivity contribution in [2.24, 2.45) is 0 Å². The summed E-state index contributed by atoms with van der Waals surface area (Å²) in [5, 5.41) is 10.3. The van der Waals surface area contributed by atoms with E-state index >= 15 is 0 Å². The van der Waals surface area contributed by atoms with Crippen molar-refractivity contribution in [2.45, 2.75) is 44.9 Å². The molecule has 1 N–H and O–H groups in total. The van der Waals surface area contributed by atoms with E-state index in [-0.39, 0.29) is 11.6 Å². The lowest BCUT2D eigenvalue weighted by Gasteiger charge is -2.37. The van der Waals surface area contributed by atoms with Gasteiger partial charge in [0.15, 0.2) is 0 Å². The highest BCUT2D eigenvalue weighted by molar-refractivity contribution is 5.98. The maximum atomic E-state index is 13.6. The van der Waals surface area contributed by atoms with Crippen molar-refractivity contribution in [3.63, 3.8) is 0 Å². The Morgan fingerprint density at radius 1 is 1.10 bits per heavy atom. The number of hydrogen-bond acceptors (Lipinski definition) is 5. The monoisotopic (exact) mass is 542 g/mol. The van der Waals surface area contributed by atoms with E-state index in [0.29, 0.717) is 25.1 Å². The van der Waals surface area contributed by atoms with Gasteiger partial charge in [-0.1, -0.05) is 12.1 Å². The van der Waals surface area contributed by atoms with Crippen LogP contribution in [0.2, 0.25) is 0 Å². The Labute approximate surface area is 231 Å². The molecule has 6 rings (SSSR count). The lowest BCUT2D eigenvalue weighted by molar-refractivity contribution is -0.000898. The zero-order valence-electron chi connectivity index (χ0n) is 22.5. The number of rotatable bonds is 6. The van der Waals surface area contributed by atoms with Crippen molar-refractivity contribution in [1.82, 2.24) is 14.5 Å². The van der Waals surface area contributed by atoms with Gasteiger partial charge in [0.2, 0.25) is 5.95 Å². The maximum Gasteiger partial charge on any atom is 0.415 e. The standard InChI is InChI=1S/C31H31FN4O4/c1-20(2)35-18-23(28-25(4-3-5-26(28)35)22-8-11-27(32)33-16-22)17-34-14-12-31(13-15-34)19-36(30(39)40-31)24-9-6-21(7-10-24)29(37)38/h3-11,16,18,20H,12-15,17,19H2,1-2H3,(H,37,38). The summed E-state index contributed by atoms with van der Waals surface area (Å²) < 4.78 is 21.8. The Kier molecular flexibility index (Phi) is 6.54. The number of aromatic nitrogens is 2. The fourth-order valence-corrected chi connectivity index (χ4v) is 5.94. The first-order valence-corrected chi connectivity index (χ1v) is 13.5. The van der Waals surface area contributed by atoms with Crippen molar-refractivity contribution >= 4 is 28.7 Å². The molecule has 1 amide bonds. The van der Waals surface area contributed by atoms with Crippen molar-refractivity contribution in [3.8, 4) is 11.1 Å². The highest BCUT2D eigenvalue weighted by atomic mass is 19.1. The molecule has 0 unspecified atom stereocenters. The van der Waals surface area contributed by atoms with Gasteiger partial charge < -0.3 is 14.4 Å². The van der Waals surface area contributed by atoms with Gasteiger partial charge in [-0.15, -0.1) is 0 Å². The fourth-order valence-electron chi connectivity index (χ4n) is 5.94. The van der Waals surface area contributed by atoms with Gasteiger partial charge in [-0.2, -0.15) is 4.39 Å². The number of carboxylic acid groups (broad SMARTS) is 1. The summed E-state index contributed by atoms with van der Waals surface area (Å²) in [7, 11) is 0. The number of fused-ring (bicyclic) bond motifs is 1. The van der Waals surface area contributed by atoms with Gasteiger partial charge in [0.1, 0.15) is 5.60 Å². The molecule has 1 spiro atoms. The van der Waals surface area contributed by atoms with Crippen molar-refractivity contribution in [3.05, 3.63) is 84.1 Å². The SMILES string of the molecule is CC(C)n1cc(CN2CCC3(CC2)CN(c2ccc(C(=O)O)cc2)C(=O)O3)c2c(-c3ccc(F)nc3)cccc21. The summed E-state index contributed by atoms with van der Waals surface area (Å²) in [5.74, 6) is -1.50. The number of amides is 1. The molecule has 4 aromatic rings. The third-order valence-electron chi connectivity index (χ3n) is 8.09. The Bertz CT molecular complexity index is 1570. The largest absolute Gasteiger partial charge is 0.478 e. The number of hydrogen-bond donors (Lipinski definition) is 1. The summed E-state index contributed by atoms with van der Waals surface area (Å²) in [4.78, 5) is 31.8. The van der Waals surface area contributed by atoms with E-state index in [1.165, 1.54) is 23.8 Å². The molecule has 0 saturated carbocycles. The Hall–Kier alpha value is -4.24. The summed E-state index contributed by atoms with van der Waals surface area (Å²) in [6, 6.07) is 16.0. The van der Waals surface area contributed by atoms with Crippen LogP contribution in [-0.4, -0.2) is 56.9 Å². The van der Waals surface area contributed by atoms with Crippen LogP contribution in [0.4, 0.5) is 14.9 Å². The van der Waals surface area contributed by atoms with Crippen LogP contribution < -0.4 is 4.90 Å². The van der Waals surface area contributed by atoms with E-state index in [2.05, 4.69) is 46.6 Å². The van der Waals surface area contributed by atoms with Gasteiger partial charge in [0.25, 0.3) is 0 Å². The second-order valence-corrected chi connectivity index (χ2v) is 11.0. The van der Waals surface area contributed by atoms with Crippen LogP contribution >= 0.6 is 0 Å². The number of carbonyl (C=O) groups is 2. The molecular weight excluding hydrogens is 511 g/mol. The average Bonchev–Trinajstić information content (AvgIpc) is 3.48. The van der Waals surface area contributed by atoms with Crippen molar-refractivity contribution in [2.75, 3.05) is 24.5 Å². The number of likely N-dealkylation sites (tertiary alicyclic amines) is 1.